The molecule has 0 atom stereocenters. The molecule has 142 valence electrons. The van der Waals surface area contributed by atoms with Gasteiger partial charge in [-0.2, -0.15) is 0 Å². The summed E-state index contributed by atoms with van der Waals surface area (Å²) in [6.45, 7) is 1.63. The average Bonchev–Trinajstić information content (AvgIpc) is 2.70. The van der Waals surface area contributed by atoms with Gasteiger partial charge in [0, 0.05) is 38.1 Å². The number of likely N-dealkylation sites (N-methyl/N-ethyl adjacent to an activating group) is 1. The topological polar surface area (TPSA) is 96.3 Å². The van der Waals surface area contributed by atoms with Gasteiger partial charge in [-0.25, -0.2) is 0 Å². The zero-order valence-corrected chi connectivity index (χ0v) is 15.3. The maximum Gasteiger partial charge on any atom is 0.268 e. The van der Waals surface area contributed by atoms with Crippen molar-refractivity contribution >= 4 is 11.6 Å². The molecule has 1 fully saturated rings. The first-order valence-electron chi connectivity index (χ1n) is 8.99. The molecule has 1 saturated heterocycles. The fourth-order valence-corrected chi connectivity index (χ4v) is 2.93. The molecule has 2 heterocycles. The Labute approximate surface area is 158 Å². The van der Waals surface area contributed by atoms with Gasteiger partial charge >= 0.3 is 0 Å². The highest BCUT2D eigenvalue weighted by atomic mass is 16.5. The van der Waals surface area contributed by atoms with Crippen molar-refractivity contribution in [2.75, 3.05) is 20.3 Å². The fraction of sp³-hybridized carbons (Fsp3) is 0.350. The number of hydrogen-bond acceptors (Lipinski definition) is 6. The molecule has 1 aromatic heterocycles. The quantitative estimate of drug-likeness (QED) is 0.666. The van der Waals surface area contributed by atoms with Crippen molar-refractivity contribution in [1.82, 2.24) is 15.6 Å². The summed E-state index contributed by atoms with van der Waals surface area (Å²) in [4.78, 5) is 16.9. The second-order valence-electron chi connectivity index (χ2n) is 6.30. The summed E-state index contributed by atoms with van der Waals surface area (Å²) in [5, 5.41) is 14.1. The van der Waals surface area contributed by atoms with E-state index in [1.165, 1.54) is 0 Å². The molecule has 1 aliphatic heterocycles. The second-order valence-corrected chi connectivity index (χ2v) is 6.30. The predicted molar refractivity (Wildman–Crippen MR) is 102 cm³/mol. The van der Waals surface area contributed by atoms with E-state index in [0.29, 0.717) is 36.8 Å². The molecule has 3 N–H and O–H groups in total. The molecular formula is C20H24N4O3. The highest BCUT2D eigenvalue weighted by molar-refractivity contribution is 6.14. The Morgan fingerprint density at radius 3 is 2.85 bits per heavy atom. The van der Waals surface area contributed by atoms with E-state index in [9.17, 15) is 4.79 Å². The van der Waals surface area contributed by atoms with E-state index in [0.717, 1.165) is 18.5 Å². The zero-order chi connectivity index (χ0) is 19.1. The molecule has 0 aromatic carbocycles. The van der Waals surface area contributed by atoms with Crippen molar-refractivity contribution in [3.8, 4) is 0 Å². The maximum atomic E-state index is 12.7. The van der Waals surface area contributed by atoms with Crippen LogP contribution in [0.1, 0.15) is 18.5 Å². The number of nitrogens with zero attached hydrogens (tertiary/aromatic N) is 1. The zero-order valence-electron chi connectivity index (χ0n) is 15.3. The second kappa shape index (κ2) is 9.14. The Morgan fingerprint density at radius 1 is 1.33 bits per heavy atom. The summed E-state index contributed by atoms with van der Waals surface area (Å²) >= 11 is 0. The van der Waals surface area contributed by atoms with Gasteiger partial charge in [0.2, 0.25) is 0 Å². The van der Waals surface area contributed by atoms with E-state index in [1.807, 2.05) is 18.2 Å². The van der Waals surface area contributed by atoms with Gasteiger partial charge in [0.15, 0.2) is 0 Å². The molecule has 1 aromatic rings. The van der Waals surface area contributed by atoms with E-state index in [1.54, 1.807) is 31.5 Å². The molecule has 0 bridgehead atoms. The van der Waals surface area contributed by atoms with Crippen LogP contribution in [0.2, 0.25) is 0 Å². The summed E-state index contributed by atoms with van der Waals surface area (Å²) in [5.74, 6) is 0.359. The molecule has 0 unspecified atom stereocenters. The number of allylic oxidation sites excluding steroid dienone is 4. The number of ether oxygens (including phenoxy) is 2. The van der Waals surface area contributed by atoms with Crippen molar-refractivity contribution in [3.63, 3.8) is 0 Å². The number of nitrogens with one attached hydrogen (secondary N) is 3. The van der Waals surface area contributed by atoms with Gasteiger partial charge in [-0.1, -0.05) is 6.07 Å². The van der Waals surface area contributed by atoms with Crippen LogP contribution in [0.5, 0.6) is 0 Å². The van der Waals surface area contributed by atoms with Crippen LogP contribution in [0.15, 0.2) is 59.7 Å². The Balaban J connectivity index is 1.73. The van der Waals surface area contributed by atoms with Crippen molar-refractivity contribution in [1.29, 1.82) is 5.41 Å². The van der Waals surface area contributed by atoms with E-state index in [-0.39, 0.29) is 17.7 Å². The van der Waals surface area contributed by atoms with E-state index in [4.69, 9.17) is 14.9 Å². The predicted octanol–water partition coefficient (Wildman–Crippen LogP) is 1.84. The molecular weight excluding hydrogens is 344 g/mol. The van der Waals surface area contributed by atoms with Crippen LogP contribution in [0.3, 0.4) is 0 Å². The third-order valence-corrected chi connectivity index (χ3v) is 4.41. The van der Waals surface area contributed by atoms with Crippen LogP contribution in [0.4, 0.5) is 0 Å². The molecule has 0 saturated carbocycles. The third kappa shape index (κ3) is 5.04. The maximum absolute atomic E-state index is 12.7. The number of rotatable bonds is 6. The first kappa shape index (κ1) is 18.8. The van der Waals surface area contributed by atoms with Crippen LogP contribution in [-0.2, 0) is 20.9 Å². The lowest BCUT2D eigenvalue weighted by Gasteiger charge is -2.24. The van der Waals surface area contributed by atoms with Crippen LogP contribution < -0.4 is 10.6 Å². The van der Waals surface area contributed by atoms with Crippen LogP contribution >= 0.6 is 0 Å². The normalized spacial score (nSPS) is 19.3. The van der Waals surface area contributed by atoms with E-state index >= 15 is 0 Å². The number of carbonyl (C=O) groups is 1. The average molecular weight is 368 g/mol. The Hall–Kier alpha value is -2.93. The van der Waals surface area contributed by atoms with Gasteiger partial charge in [0.05, 0.1) is 11.4 Å². The summed E-state index contributed by atoms with van der Waals surface area (Å²) in [5.41, 5.74) is 1.92. The lowest BCUT2D eigenvalue weighted by atomic mass is 10.0. The van der Waals surface area contributed by atoms with Gasteiger partial charge in [0.25, 0.3) is 5.91 Å². The summed E-state index contributed by atoms with van der Waals surface area (Å²) in [6, 6.07) is 5.72. The fourth-order valence-electron chi connectivity index (χ4n) is 2.93. The third-order valence-electron chi connectivity index (χ3n) is 4.41. The molecule has 27 heavy (non-hydrogen) atoms. The number of carbonyl (C=O) groups excluding carboxylic acids is 1. The minimum Gasteiger partial charge on any atom is -0.487 e. The molecule has 7 heteroatoms. The van der Waals surface area contributed by atoms with Crippen molar-refractivity contribution < 1.29 is 14.3 Å². The van der Waals surface area contributed by atoms with Gasteiger partial charge in [-0.3, -0.25) is 9.78 Å². The highest BCUT2D eigenvalue weighted by Crippen LogP contribution is 2.19. The van der Waals surface area contributed by atoms with Gasteiger partial charge in [0.1, 0.15) is 18.1 Å². The standard InChI is InChI=1S/C20H24N4O3/c1-22-19(20(25)24-14-7-10-26-11-8-14)17-12-16(5-6-18(17)21)27-13-15-4-2-3-9-23-15/h2-6,9,12,14,21-22H,7-8,10-11,13H2,1H3,(H,24,25)/b19-17-,21-18?. The molecule has 0 spiro atoms. The Kier molecular flexibility index (Phi) is 6.38. The number of amides is 1. The first-order valence-corrected chi connectivity index (χ1v) is 8.99. The van der Waals surface area contributed by atoms with Crippen molar-refractivity contribution in [2.45, 2.75) is 25.5 Å². The molecule has 2 aliphatic rings. The van der Waals surface area contributed by atoms with Crippen molar-refractivity contribution in [3.05, 3.63) is 65.3 Å². The van der Waals surface area contributed by atoms with Gasteiger partial charge in [-0.05, 0) is 43.2 Å². The lowest BCUT2D eigenvalue weighted by Crippen LogP contribution is -2.42. The first-order chi connectivity index (χ1) is 13.2. The SMILES string of the molecule is CN/C(C(=O)NC1CCOCC1)=C1/C=C(OCc2ccccn2)C=CC1=N. The molecule has 1 aliphatic carbocycles. The van der Waals surface area contributed by atoms with Crippen LogP contribution in [-0.4, -0.2) is 42.9 Å². The Bertz CT molecular complexity index is 778. The van der Waals surface area contributed by atoms with Crippen molar-refractivity contribution in [2.24, 2.45) is 0 Å². The van der Waals surface area contributed by atoms with Gasteiger partial charge < -0.3 is 25.5 Å². The number of hydrogen-bond donors (Lipinski definition) is 3. The largest absolute Gasteiger partial charge is 0.487 e. The summed E-state index contributed by atoms with van der Waals surface area (Å²) < 4.78 is 11.1. The van der Waals surface area contributed by atoms with E-state index < -0.39 is 0 Å². The summed E-state index contributed by atoms with van der Waals surface area (Å²) in [6.07, 6.45) is 8.36. The van der Waals surface area contributed by atoms with E-state index in [2.05, 4.69) is 15.6 Å². The van der Waals surface area contributed by atoms with Crippen LogP contribution in [0.25, 0.3) is 0 Å². The summed E-state index contributed by atoms with van der Waals surface area (Å²) in [7, 11) is 1.68. The molecule has 0 radical (unpaired) electrons. The van der Waals surface area contributed by atoms with Gasteiger partial charge in [-0.15, -0.1) is 0 Å². The monoisotopic (exact) mass is 368 g/mol. The highest BCUT2D eigenvalue weighted by Gasteiger charge is 2.22. The number of aromatic nitrogens is 1. The minimum atomic E-state index is -0.222. The molecule has 3 rings (SSSR count). The molecule has 1 amide bonds. The Morgan fingerprint density at radius 2 is 2.15 bits per heavy atom. The smallest absolute Gasteiger partial charge is 0.268 e. The minimum absolute atomic E-state index is 0.0902. The number of pyridine rings is 1. The lowest BCUT2D eigenvalue weighted by molar-refractivity contribution is -0.119. The van der Waals surface area contributed by atoms with Crippen LogP contribution in [0, 0.1) is 5.41 Å². The molecule has 7 nitrogen and oxygen atoms in total.